The summed E-state index contributed by atoms with van der Waals surface area (Å²) in [5, 5.41) is 0. The van der Waals surface area contributed by atoms with E-state index in [0.717, 1.165) is 43.3 Å². The molecule has 0 unspecified atom stereocenters. The van der Waals surface area contributed by atoms with E-state index in [-0.39, 0.29) is 6.04 Å². The van der Waals surface area contributed by atoms with Crippen molar-refractivity contribution in [2.24, 2.45) is 0 Å². The molecule has 2 aromatic rings. The van der Waals surface area contributed by atoms with Crippen LogP contribution in [0.3, 0.4) is 0 Å². The van der Waals surface area contributed by atoms with Crippen LogP contribution < -0.4 is 19.1 Å². The van der Waals surface area contributed by atoms with Crippen LogP contribution in [0.2, 0.25) is 0 Å². The second kappa shape index (κ2) is 8.33. The molecule has 5 nitrogen and oxygen atoms in total. The molecule has 0 N–H and O–H groups in total. The maximum absolute atomic E-state index is 11.9. The van der Waals surface area contributed by atoms with Gasteiger partial charge in [-0.2, -0.15) is 0 Å². The Kier molecular flexibility index (Phi) is 5.47. The van der Waals surface area contributed by atoms with E-state index in [0.29, 0.717) is 37.1 Å². The lowest BCUT2D eigenvalue weighted by molar-refractivity contribution is -0.108. The molecule has 1 amide bonds. The van der Waals surface area contributed by atoms with Crippen molar-refractivity contribution in [2.75, 3.05) is 18.1 Å². The van der Waals surface area contributed by atoms with Crippen LogP contribution in [0.25, 0.3) is 0 Å². The number of anilines is 1. The Balaban J connectivity index is 1.61. The fraction of sp³-hybridized carbons (Fsp3) is 0.409. The molecule has 0 bridgehead atoms. The molecule has 27 heavy (non-hydrogen) atoms. The third-order valence-electron chi connectivity index (χ3n) is 5.23. The largest absolute Gasteiger partial charge is 0.485 e. The molecule has 1 heterocycles. The summed E-state index contributed by atoms with van der Waals surface area (Å²) in [6, 6.07) is 14.0. The van der Waals surface area contributed by atoms with Gasteiger partial charge in [0.1, 0.15) is 19.8 Å². The molecule has 2 aromatic carbocycles. The summed E-state index contributed by atoms with van der Waals surface area (Å²) < 4.78 is 17.8. The number of rotatable bonds is 6. The van der Waals surface area contributed by atoms with Crippen molar-refractivity contribution in [2.45, 2.75) is 44.8 Å². The molecular weight excluding hydrogens is 342 g/mol. The first kappa shape index (κ1) is 17.7. The van der Waals surface area contributed by atoms with Gasteiger partial charge in [0.05, 0.1) is 5.69 Å². The van der Waals surface area contributed by atoms with E-state index >= 15 is 0 Å². The average Bonchev–Trinajstić information content (AvgIpc) is 2.75. The quantitative estimate of drug-likeness (QED) is 0.713. The van der Waals surface area contributed by atoms with Gasteiger partial charge in [-0.15, -0.1) is 0 Å². The lowest BCUT2D eigenvalue weighted by Crippen LogP contribution is -2.36. The molecule has 142 valence electrons. The average molecular weight is 367 g/mol. The van der Waals surface area contributed by atoms with Gasteiger partial charge in [0.15, 0.2) is 11.5 Å². The summed E-state index contributed by atoms with van der Waals surface area (Å²) in [6.07, 6.45) is 6.54. The molecule has 0 atom stereocenters. The van der Waals surface area contributed by atoms with Crippen molar-refractivity contribution >= 4 is 12.1 Å². The molecule has 0 spiro atoms. The van der Waals surface area contributed by atoms with Crippen LogP contribution in [0.1, 0.15) is 37.7 Å². The fourth-order valence-corrected chi connectivity index (χ4v) is 3.85. The highest BCUT2D eigenvalue weighted by atomic mass is 16.6. The molecule has 1 saturated carbocycles. The SMILES string of the molecule is O=CN(c1ccc(OCc2ccccc2)c2c1OCCO2)C1CCCCC1. The summed E-state index contributed by atoms with van der Waals surface area (Å²) in [5.41, 5.74) is 1.86. The molecule has 1 aliphatic heterocycles. The maximum Gasteiger partial charge on any atom is 0.214 e. The van der Waals surface area contributed by atoms with Crippen molar-refractivity contribution in [1.82, 2.24) is 0 Å². The van der Waals surface area contributed by atoms with E-state index in [1.807, 2.05) is 47.4 Å². The number of nitrogens with zero attached hydrogens (tertiary/aromatic N) is 1. The van der Waals surface area contributed by atoms with E-state index in [4.69, 9.17) is 14.2 Å². The highest BCUT2D eigenvalue weighted by molar-refractivity contribution is 5.83. The smallest absolute Gasteiger partial charge is 0.214 e. The van der Waals surface area contributed by atoms with Gasteiger partial charge in [-0.1, -0.05) is 49.6 Å². The van der Waals surface area contributed by atoms with Gasteiger partial charge < -0.3 is 19.1 Å². The maximum atomic E-state index is 11.9. The molecule has 5 heteroatoms. The van der Waals surface area contributed by atoms with Gasteiger partial charge in [0.2, 0.25) is 12.2 Å². The van der Waals surface area contributed by atoms with E-state index in [1.54, 1.807) is 0 Å². The van der Waals surface area contributed by atoms with Crippen LogP contribution in [0.4, 0.5) is 5.69 Å². The monoisotopic (exact) mass is 367 g/mol. The molecule has 1 aliphatic carbocycles. The van der Waals surface area contributed by atoms with Crippen molar-refractivity contribution in [3.05, 3.63) is 48.0 Å². The van der Waals surface area contributed by atoms with Gasteiger partial charge >= 0.3 is 0 Å². The second-order valence-electron chi connectivity index (χ2n) is 7.02. The normalized spacial score (nSPS) is 16.6. The third-order valence-corrected chi connectivity index (χ3v) is 5.23. The molecule has 0 saturated heterocycles. The Morgan fingerprint density at radius 2 is 1.70 bits per heavy atom. The van der Waals surface area contributed by atoms with Crippen LogP contribution >= 0.6 is 0 Å². The number of hydrogen-bond acceptors (Lipinski definition) is 4. The Bertz CT molecular complexity index is 771. The van der Waals surface area contributed by atoms with E-state index in [2.05, 4.69) is 0 Å². The molecular formula is C22H25NO4. The van der Waals surface area contributed by atoms with Gasteiger partial charge in [0.25, 0.3) is 0 Å². The lowest BCUT2D eigenvalue weighted by Gasteiger charge is -2.34. The molecule has 2 aliphatic rings. The first-order valence-electron chi connectivity index (χ1n) is 9.70. The summed E-state index contributed by atoms with van der Waals surface area (Å²) in [7, 11) is 0. The predicted molar refractivity (Wildman–Crippen MR) is 104 cm³/mol. The summed E-state index contributed by atoms with van der Waals surface area (Å²) in [6.45, 7) is 1.40. The van der Waals surface area contributed by atoms with Crippen LogP contribution in [-0.4, -0.2) is 25.7 Å². The van der Waals surface area contributed by atoms with Crippen molar-refractivity contribution in [3.8, 4) is 17.2 Å². The zero-order chi connectivity index (χ0) is 18.5. The molecule has 0 aromatic heterocycles. The van der Waals surface area contributed by atoms with Crippen molar-refractivity contribution in [1.29, 1.82) is 0 Å². The van der Waals surface area contributed by atoms with E-state index in [1.165, 1.54) is 6.42 Å². The zero-order valence-corrected chi connectivity index (χ0v) is 15.4. The first-order chi connectivity index (χ1) is 13.4. The van der Waals surface area contributed by atoms with E-state index < -0.39 is 0 Å². The Morgan fingerprint density at radius 1 is 0.963 bits per heavy atom. The predicted octanol–water partition coefficient (Wildman–Crippen LogP) is 4.33. The van der Waals surface area contributed by atoms with Crippen LogP contribution in [0.15, 0.2) is 42.5 Å². The fourth-order valence-electron chi connectivity index (χ4n) is 3.85. The number of hydrogen-bond donors (Lipinski definition) is 0. The van der Waals surface area contributed by atoms with Gasteiger partial charge in [-0.25, -0.2) is 0 Å². The standard InChI is InChI=1S/C22H25NO4/c24-16-23(18-9-5-2-6-10-18)19-11-12-20(22-21(19)25-13-14-26-22)27-15-17-7-3-1-4-8-17/h1,3-4,7-8,11-12,16,18H,2,5-6,9-10,13-15H2. The molecule has 0 radical (unpaired) electrons. The van der Waals surface area contributed by atoms with Crippen molar-refractivity contribution < 1.29 is 19.0 Å². The number of carbonyl (C=O) groups is 1. The number of benzene rings is 2. The molecule has 4 rings (SSSR count). The Labute approximate surface area is 159 Å². The summed E-state index contributed by atoms with van der Waals surface area (Å²) in [5.74, 6) is 1.86. The zero-order valence-electron chi connectivity index (χ0n) is 15.4. The number of amides is 1. The highest BCUT2D eigenvalue weighted by Gasteiger charge is 2.28. The number of carbonyl (C=O) groups excluding carboxylic acids is 1. The Hall–Kier alpha value is -2.69. The topological polar surface area (TPSA) is 48.0 Å². The lowest BCUT2D eigenvalue weighted by atomic mass is 9.94. The highest BCUT2D eigenvalue weighted by Crippen LogP contribution is 2.47. The number of ether oxygens (including phenoxy) is 3. The summed E-state index contributed by atoms with van der Waals surface area (Å²) in [4.78, 5) is 13.7. The van der Waals surface area contributed by atoms with Crippen LogP contribution in [-0.2, 0) is 11.4 Å². The molecule has 1 fully saturated rings. The second-order valence-corrected chi connectivity index (χ2v) is 7.02. The number of fused-ring (bicyclic) bond motifs is 1. The van der Waals surface area contributed by atoms with Crippen LogP contribution in [0, 0.1) is 0 Å². The minimum atomic E-state index is 0.224. The minimum absolute atomic E-state index is 0.224. The summed E-state index contributed by atoms with van der Waals surface area (Å²) >= 11 is 0. The first-order valence-corrected chi connectivity index (χ1v) is 9.70. The van der Waals surface area contributed by atoms with Gasteiger partial charge in [-0.05, 0) is 30.5 Å². The van der Waals surface area contributed by atoms with Gasteiger partial charge in [0, 0.05) is 6.04 Å². The van der Waals surface area contributed by atoms with Crippen molar-refractivity contribution in [3.63, 3.8) is 0 Å². The van der Waals surface area contributed by atoms with Crippen LogP contribution in [0.5, 0.6) is 17.2 Å². The van der Waals surface area contributed by atoms with E-state index in [9.17, 15) is 4.79 Å². The third kappa shape index (κ3) is 3.87. The van der Waals surface area contributed by atoms with Gasteiger partial charge in [-0.3, -0.25) is 4.79 Å². The Morgan fingerprint density at radius 3 is 2.44 bits per heavy atom. The minimum Gasteiger partial charge on any atom is -0.485 e.